The van der Waals surface area contributed by atoms with Crippen molar-refractivity contribution in [1.29, 1.82) is 5.26 Å². The number of fused-ring (bicyclic) bond motifs is 3. The van der Waals surface area contributed by atoms with Crippen molar-refractivity contribution in [3.63, 3.8) is 0 Å². The van der Waals surface area contributed by atoms with Gasteiger partial charge < -0.3 is 10.2 Å². The van der Waals surface area contributed by atoms with Crippen molar-refractivity contribution in [2.24, 2.45) is 0 Å². The molecular formula is C22H29N5. The first kappa shape index (κ1) is 19.2. The number of rotatable bonds is 8. The Morgan fingerprint density at radius 1 is 1.19 bits per heavy atom. The molecule has 0 aliphatic heterocycles. The molecule has 1 N–H and O–H groups in total. The molecule has 0 aliphatic carbocycles. The van der Waals surface area contributed by atoms with Gasteiger partial charge in [0.15, 0.2) is 5.65 Å². The van der Waals surface area contributed by atoms with Crippen molar-refractivity contribution < 1.29 is 0 Å². The van der Waals surface area contributed by atoms with Gasteiger partial charge in [0.2, 0.25) is 0 Å². The fourth-order valence-corrected chi connectivity index (χ4v) is 3.85. The van der Waals surface area contributed by atoms with Crippen LogP contribution in [0, 0.1) is 18.3 Å². The smallest absolute Gasteiger partial charge is 0.157 e. The van der Waals surface area contributed by atoms with Gasteiger partial charge in [-0.2, -0.15) is 5.26 Å². The highest BCUT2D eigenvalue weighted by atomic mass is 15.1. The lowest BCUT2D eigenvalue weighted by Gasteiger charge is -2.20. The second kappa shape index (κ2) is 8.41. The lowest BCUT2D eigenvalue weighted by atomic mass is 10.0. The highest BCUT2D eigenvalue weighted by Gasteiger charge is 2.19. The zero-order valence-corrected chi connectivity index (χ0v) is 16.8. The van der Waals surface area contributed by atoms with Crippen LogP contribution in [0.2, 0.25) is 0 Å². The lowest BCUT2D eigenvalue weighted by molar-refractivity contribution is 0.303. The van der Waals surface area contributed by atoms with E-state index in [4.69, 9.17) is 4.98 Å². The molecule has 1 aromatic carbocycles. The van der Waals surface area contributed by atoms with E-state index in [1.54, 1.807) is 0 Å². The maximum Gasteiger partial charge on any atom is 0.157 e. The summed E-state index contributed by atoms with van der Waals surface area (Å²) >= 11 is 0. The molecule has 0 spiro atoms. The Morgan fingerprint density at radius 3 is 2.59 bits per heavy atom. The van der Waals surface area contributed by atoms with Crippen molar-refractivity contribution >= 4 is 22.5 Å². The Balaban J connectivity index is 2.06. The molecule has 142 valence electrons. The molecule has 3 rings (SSSR count). The maximum absolute atomic E-state index is 9.75. The third-order valence-electron chi connectivity index (χ3n) is 5.42. The summed E-state index contributed by atoms with van der Waals surface area (Å²) in [6.07, 6.45) is 1.96. The number of para-hydroxylation sites is 2. The highest BCUT2D eigenvalue weighted by Crippen LogP contribution is 2.31. The summed E-state index contributed by atoms with van der Waals surface area (Å²) in [6.45, 7) is 12.8. The number of nitriles is 1. The van der Waals surface area contributed by atoms with E-state index in [0.717, 1.165) is 67.1 Å². The number of benzene rings is 1. The number of hydrogen-bond donors (Lipinski definition) is 1. The summed E-state index contributed by atoms with van der Waals surface area (Å²) in [4.78, 5) is 7.20. The molecule has 5 nitrogen and oxygen atoms in total. The van der Waals surface area contributed by atoms with E-state index >= 15 is 0 Å². The number of hydrogen-bond acceptors (Lipinski definition) is 4. The molecule has 2 aromatic heterocycles. The van der Waals surface area contributed by atoms with Gasteiger partial charge >= 0.3 is 0 Å². The number of pyridine rings is 1. The van der Waals surface area contributed by atoms with Crippen LogP contribution in [0.4, 0.5) is 5.82 Å². The summed E-state index contributed by atoms with van der Waals surface area (Å²) in [7, 11) is 0. The number of nitrogens with zero attached hydrogens (tertiary/aromatic N) is 4. The Bertz CT molecular complexity index is 976. The minimum atomic E-state index is 0.678. The minimum absolute atomic E-state index is 0.678. The molecule has 0 radical (unpaired) electrons. The first-order valence-electron chi connectivity index (χ1n) is 9.95. The molecule has 0 amide bonds. The molecule has 0 unspecified atom stereocenters. The zero-order chi connectivity index (χ0) is 19.4. The third-order valence-corrected chi connectivity index (χ3v) is 5.42. The zero-order valence-electron chi connectivity index (χ0n) is 16.8. The van der Waals surface area contributed by atoms with Crippen molar-refractivity contribution in [3.8, 4) is 6.07 Å². The van der Waals surface area contributed by atoms with Crippen LogP contribution in [0.25, 0.3) is 16.7 Å². The van der Waals surface area contributed by atoms with Gasteiger partial charge in [-0.3, -0.25) is 4.40 Å². The first-order chi connectivity index (χ1) is 13.2. The second-order valence-corrected chi connectivity index (χ2v) is 6.86. The Labute approximate surface area is 161 Å². The van der Waals surface area contributed by atoms with Crippen LogP contribution in [0.5, 0.6) is 0 Å². The number of aromatic nitrogens is 2. The van der Waals surface area contributed by atoms with Gasteiger partial charge in [-0.15, -0.1) is 0 Å². The van der Waals surface area contributed by atoms with Crippen molar-refractivity contribution in [1.82, 2.24) is 14.3 Å². The third kappa shape index (κ3) is 3.50. The van der Waals surface area contributed by atoms with Gasteiger partial charge in [0.05, 0.1) is 16.6 Å². The van der Waals surface area contributed by atoms with Gasteiger partial charge in [-0.1, -0.05) is 32.9 Å². The topological polar surface area (TPSA) is 56.4 Å². The van der Waals surface area contributed by atoms with Gasteiger partial charge in [0, 0.05) is 6.54 Å². The molecule has 5 heteroatoms. The van der Waals surface area contributed by atoms with E-state index in [-0.39, 0.29) is 0 Å². The standard InChI is InChI=1S/C22H29N5/c1-5-17-16(4)18(15-23)22-25-19-11-8-9-12-20(19)27(22)21(17)24-13-10-14-26(6-2)7-3/h8-9,11-12,24H,5-7,10,13-14H2,1-4H3. The van der Waals surface area contributed by atoms with E-state index in [2.05, 4.69) is 47.5 Å². The summed E-state index contributed by atoms with van der Waals surface area (Å²) in [5.41, 5.74) is 5.63. The van der Waals surface area contributed by atoms with Gasteiger partial charge in [-0.25, -0.2) is 4.98 Å². The van der Waals surface area contributed by atoms with Crippen LogP contribution in [0.15, 0.2) is 24.3 Å². The Hall–Kier alpha value is -2.58. The fourth-order valence-electron chi connectivity index (χ4n) is 3.85. The van der Waals surface area contributed by atoms with Gasteiger partial charge in [-0.05, 0) is 62.7 Å². The fraction of sp³-hybridized carbons (Fsp3) is 0.455. The molecule has 0 saturated carbocycles. The average Bonchev–Trinajstić information content (AvgIpc) is 3.07. The van der Waals surface area contributed by atoms with E-state index in [0.29, 0.717) is 5.56 Å². The Kier molecular flexibility index (Phi) is 5.98. The normalized spacial score (nSPS) is 11.4. The molecule has 27 heavy (non-hydrogen) atoms. The van der Waals surface area contributed by atoms with Crippen LogP contribution in [0.1, 0.15) is 43.9 Å². The van der Waals surface area contributed by atoms with Gasteiger partial charge in [0.25, 0.3) is 0 Å². The molecular weight excluding hydrogens is 334 g/mol. The van der Waals surface area contributed by atoms with Crippen LogP contribution in [0.3, 0.4) is 0 Å². The number of imidazole rings is 1. The largest absolute Gasteiger partial charge is 0.371 e. The van der Waals surface area contributed by atoms with Gasteiger partial charge in [0.1, 0.15) is 11.9 Å². The average molecular weight is 364 g/mol. The Morgan fingerprint density at radius 2 is 1.93 bits per heavy atom. The van der Waals surface area contributed by atoms with Crippen molar-refractivity contribution in [2.45, 2.75) is 40.5 Å². The van der Waals surface area contributed by atoms with Crippen LogP contribution < -0.4 is 5.32 Å². The van der Waals surface area contributed by atoms with Crippen molar-refractivity contribution in [3.05, 3.63) is 41.0 Å². The monoisotopic (exact) mass is 363 g/mol. The molecule has 0 saturated heterocycles. The summed E-state index contributed by atoms with van der Waals surface area (Å²) in [6, 6.07) is 10.5. The quantitative estimate of drug-likeness (QED) is 0.604. The first-order valence-corrected chi connectivity index (χ1v) is 9.95. The molecule has 0 fully saturated rings. The van der Waals surface area contributed by atoms with Crippen molar-refractivity contribution in [2.75, 3.05) is 31.5 Å². The minimum Gasteiger partial charge on any atom is -0.371 e. The predicted octanol–water partition coefficient (Wildman–Crippen LogP) is 4.37. The summed E-state index contributed by atoms with van der Waals surface area (Å²) in [5, 5.41) is 13.4. The SMILES string of the molecule is CCc1c(C)c(C#N)c2nc3ccccc3n2c1NCCCN(CC)CC. The maximum atomic E-state index is 9.75. The van der Waals surface area contributed by atoms with E-state index in [9.17, 15) is 5.26 Å². The van der Waals surface area contributed by atoms with Crippen LogP contribution >= 0.6 is 0 Å². The highest BCUT2D eigenvalue weighted by molar-refractivity contribution is 5.86. The summed E-state index contributed by atoms with van der Waals surface area (Å²) < 4.78 is 2.14. The summed E-state index contributed by atoms with van der Waals surface area (Å²) in [5.74, 6) is 1.08. The molecule has 3 aromatic rings. The number of nitrogens with one attached hydrogen (secondary N) is 1. The van der Waals surface area contributed by atoms with E-state index in [1.807, 2.05) is 25.1 Å². The van der Waals surface area contributed by atoms with Crippen LogP contribution in [-0.2, 0) is 6.42 Å². The van der Waals surface area contributed by atoms with Crippen LogP contribution in [-0.4, -0.2) is 40.5 Å². The molecule has 0 atom stereocenters. The molecule has 2 heterocycles. The predicted molar refractivity (Wildman–Crippen MR) is 112 cm³/mol. The number of anilines is 1. The second-order valence-electron chi connectivity index (χ2n) is 6.86. The molecule has 0 aliphatic rings. The van der Waals surface area contributed by atoms with E-state index < -0.39 is 0 Å². The lowest BCUT2D eigenvalue weighted by Crippen LogP contribution is -2.25. The van der Waals surface area contributed by atoms with E-state index in [1.165, 1.54) is 5.56 Å². The molecule has 0 bridgehead atoms.